The van der Waals surface area contributed by atoms with E-state index in [1.165, 1.54) is 6.07 Å². The van der Waals surface area contributed by atoms with E-state index in [0.29, 0.717) is 5.11 Å². The summed E-state index contributed by atoms with van der Waals surface area (Å²) < 4.78 is 15.8. The number of thiocarbonyl (C=S) groups is 1. The molecule has 2 aromatic heterocycles. The summed E-state index contributed by atoms with van der Waals surface area (Å²) in [5.74, 6) is -0.444. The summed E-state index contributed by atoms with van der Waals surface area (Å²) in [6.07, 6.45) is 3.73. The molecule has 1 aliphatic rings. The Bertz CT molecular complexity index is 1290. The second kappa shape index (κ2) is 8.37. The van der Waals surface area contributed by atoms with Crippen LogP contribution >= 0.6 is 23.8 Å². The van der Waals surface area contributed by atoms with Gasteiger partial charge in [0.1, 0.15) is 11.9 Å². The van der Waals surface area contributed by atoms with Crippen LogP contribution in [0.2, 0.25) is 5.02 Å². The monoisotopic (exact) mass is 462 g/mol. The molecule has 160 valence electrons. The van der Waals surface area contributed by atoms with Gasteiger partial charge in [-0.1, -0.05) is 29.8 Å². The van der Waals surface area contributed by atoms with E-state index >= 15 is 0 Å². The SMILES string of the molecule is Cc1cccc(N2C(=S)NC(c3ccccn3)C2c2cccn2-c2ccc(F)c(Cl)c2)c1. The maximum Gasteiger partial charge on any atom is 0.174 e. The van der Waals surface area contributed by atoms with Crippen LogP contribution in [-0.2, 0) is 0 Å². The van der Waals surface area contributed by atoms with Gasteiger partial charge in [-0.25, -0.2) is 4.39 Å². The first-order valence-corrected chi connectivity index (χ1v) is 11.0. The summed E-state index contributed by atoms with van der Waals surface area (Å²) in [6.45, 7) is 2.06. The third-order valence-electron chi connectivity index (χ3n) is 5.64. The molecule has 3 heterocycles. The number of nitrogens with zero attached hydrogens (tertiary/aromatic N) is 3. The molecule has 0 aliphatic carbocycles. The van der Waals surface area contributed by atoms with Crippen molar-refractivity contribution in [1.29, 1.82) is 0 Å². The number of halogens is 2. The van der Waals surface area contributed by atoms with Crippen molar-refractivity contribution in [2.75, 3.05) is 4.90 Å². The largest absolute Gasteiger partial charge is 0.351 e. The fourth-order valence-corrected chi connectivity index (χ4v) is 4.74. The molecule has 32 heavy (non-hydrogen) atoms. The Morgan fingerprint density at radius 3 is 2.62 bits per heavy atom. The Kier molecular flexibility index (Phi) is 5.41. The molecule has 2 atom stereocenters. The van der Waals surface area contributed by atoms with Crippen molar-refractivity contribution in [2.45, 2.75) is 19.0 Å². The van der Waals surface area contributed by atoms with Gasteiger partial charge in [-0.05, 0) is 79.3 Å². The van der Waals surface area contributed by atoms with Crippen LogP contribution in [0, 0.1) is 12.7 Å². The van der Waals surface area contributed by atoms with E-state index < -0.39 is 5.82 Å². The molecule has 2 aromatic carbocycles. The van der Waals surface area contributed by atoms with Gasteiger partial charge in [0, 0.05) is 29.5 Å². The predicted octanol–water partition coefficient (Wildman–Crippen LogP) is 6.15. The molecule has 7 heteroatoms. The summed E-state index contributed by atoms with van der Waals surface area (Å²) in [5.41, 5.74) is 4.79. The average Bonchev–Trinajstić information content (AvgIpc) is 3.40. The lowest BCUT2D eigenvalue weighted by Crippen LogP contribution is -2.30. The quantitative estimate of drug-likeness (QED) is 0.369. The molecule has 1 saturated heterocycles. The zero-order valence-electron chi connectivity index (χ0n) is 17.2. The van der Waals surface area contributed by atoms with Crippen molar-refractivity contribution >= 4 is 34.6 Å². The number of aryl methyl sites for hydroxylation is 1. The van der Waals surface area contributed by atoms with Gasteiger partial charge < -0.3 is 14.8 Å². The molecular weight excluding hydrogens is 443 g/mol. The highest BCUT2D eigenvalue weighted by Gasteiger charge is 2.42. The number of hydrogen-bond donors (Lipinski definition) is 1. The number of hydrogen-bond acceptors (Lipinski definition) is 2. The molecule has 1 aliphatic heterocycles. The molecule has 1 N–H and O–H groups in total. The van der Waals surface area contributed by atoms with Crippen LogP contribution in [0.15, 0.2) is 85.2 Å². The summed E-state index contributed by atoms with van der Waals surface area (Å²) >= 11 is 11.9. The Morgan fingerprint density at radius 2 is 1.88 bits per heavy atom. The number of nitrogens with one attached hydrogen (secondary N) is 1. The van der Waals surface area contributed by atoms with Crippen LogP contribution in [0.3, 0.4) is 0 Å². The maximum absolute atomic E-state index is 13.8. The van der Waals surface area contributed by atoms with Gasteiger partial charge in [-0.3, -0.25) is 4.98 Å². The van der Waals surface area contributed by atoms with E-state index in [9.17, 15) is 4.39 Å². The highest BCUT2D eigenvalue weighted by molar-refractivity contribution is 7.80. The molecule has 2 unspecified atom stereocenters. The smallest absolute Gasteiger partial charge is 0.174 e. The van der Waals surface area contributed by atoms with Crippen LogP contribution in [0.1, 0.15) is 29.0 Å². The van der Waals surface area contributed by atoms with E-state index in [2.05, 4.69) is 46.4 Å². The normalized spacial score (nSPS) is 18.1. The summed E-state index contributed by atoms with van der Waals surface area (Å²) in [6, 6.07) is 22.5. The van der Waals surface area contributed by atoms with Gasteiger partial charge in [0.2, 0.25) is 0 Å². The molecule has 4 aromatic rings. The van der Waals surface area contributed by atoms with Gasteiger partial charge in [-0.2, -0.15) is 0 Å². The zero-order valence-corrected chi connectivity index (χ0v) is 18.8. The highest BCUT2D eigenvalue weighted by Crippen LogP contribution is 2.42. The maximum atomic E-state index is 13.8. The lowest BCUT2D eigenvalue weighted by Gasteiger charge is -2.29. The second-order valence-corrected chi connectivity index (χ2v) is 8.53. The summed E-state index contributed by atoms with van der Waals surface area (Å²) in [5, 5.41) is 4.18. The van der Waals surface area contributed by atoms with Gasteiger partial charge in [0.25, 0.3) is 0 Å². The van der Waals surface area contributed by atoms with Crippen LogP contribution < -0.4 is 10.2 Å². The molecule has 1 fully saturated rings. The van der Waals surface area contributed by atoms with Crippen molar-refractivity contribution in [1.82, 2.24) is 14.9 Å². The summed E-state index contributed by atoms with van der Waals surface area (Å²) in [7, 11) is 0. The van der Waals surface area contributed by atoms with Crippen molar-refractivity contribution in [3.05, 3.63) is 113 Å². The van der Waals surface area contributed by atoms with Gasteiger partial charge in [0.05, 0.1) is 16.8 Å². The van der Waals surface area contributed by atoms with Crippen molar-refractivity contribution in [3.8, 4) is 5.69 Å². The molecule has 0 bridgehead atoms. The van der Waals surface area contributed by atoms with Crippen LogP contribution in [-0.4, -0.2) is 14.7 Å². The fraction of sp³-hybridized carbons (Fsp3) is 0.120. The van der Waals surface area contributed by atoms with E-state index in [0.717, 1.165) is 28.3 Å². The molecule has 5 rings (SSSR count). The second-order valence-electron chi connectivity index (χ2n) is 7.74. The molecule has 0 saturated carbocycles. The Balaban J connectivity index is 1.68. The Hall–Kier alpha value is -3.22. The lowest BCUT2D eigenvalue weighted by molar-refractivity contribution is 0.549. The van der Waals surface area contributed by atoms with Crippen LogP contribution in [0.25, 0.3) is 5.69 Å². The van der Waals surface area contributed by atoms with E-state index in [4.69, 9.17) is 23.8 Å². The third-order valence-corrected chi connectivity index (χ3v) is 6.25. The molecule has 0 radical (unpaired) electrons. The van der Waals surface area contributed by atoms with Gasteiger partial charge in [0.15, 0.2) is 5.11 Å². The summed E-state index contributed by atoms with van der Waals surface area (Å²) in [4.78, 5) is 6.72. The van der Waals surface area contributed by atoms with Crippen molar-refractivity contribution in [2.24, 2.45) is 0 Å². The molecule has 0 spiro atoms. The number of anilines is 1. The average molecular weight is 463 g/mol. The first kappa shape index (κ1) is 20.7. The standard InChI is InChI=1S/C25H20ClFN4S/c1-16-6-4-7-18(14-16)31-24(23(29-25(31)32)21-8-2-3-12-28-21)22-9-5-13-30(22)17-10-11-20(27)19(26)15-17/h2-15,23-24H,1H3,(H,29,32). The first-order chi connectivity index (χ1) is 15.5. The number of benzene rings is 2. The highest BCUT2D eigenvalue weighted by atomic mass is 35.5. The van der Waals surface area contributed by atoms with Crippen LogP contribution in [0.4, 0.5) is 10.1 Å². The lowest BCUT2D eigenvalue weighted by atomic mass is 10.0. The van der Waals surface area contributed by atoms with Crippen LogP contribution in [0.5, 0.6) is 0 Å². The fourth-order valence-electron chi connectivity index (χ4n) is 4.22. The number of aromatic nitrogens is 2. The van der Waals surface area contributed by atoms with Crippen molar-refractivity contribution in [3.63, 3.8) is 0 Å². The topological polar surface area (TPSA) is 33.1 Å². The predicted molar refractivity (Wildman–Crippen MR) is 130 cm³/mol. The van der Waals surface area contributed by atoms with Gasteiger partial charge >= 0.3 is 0 Å². The molecule has 4 nitrogen and oxygen atoms in total. The molecular formula is C25H20ClFN4S. The van der Waals surface area contributed by atoms with Gasteiger partial charge in [-0.15, -0.1) is 0 Å². The zero-order chi connectivity index (χ0) is 22.2. The van der Waals surface area contributed by atoms with E-state index in [-0.39, 0.29) is 17.1 Å². The van der Waals surface area contributed by atoms with E-state index in [1.54, 1.807) is 18.3 Å². The number of pyridine rings is 1. The Morgan fingerprint density at radius 1 is 1.00 bits per heavy atom. The minimum atomic E-state index is -0.444. The van der Waals surface area contributed by atoms with Crippen molar-refractivity contribution < 1.29 is 4.39 Å². The third kappa shape index (κ3) is 3.66. The molecule has 0 amide bonds. The minimum Gasteiger partial charge on any atom is -0.351 e. The van der Waals surface area contributed by atoms with E-state index in [1.807, 2.05) is 41.1 Å². The number of rotatable bonds is 4. The first-order valence-electron chi connectivity index (χ1n) is 10.2. The minimum absolute atomic E-state index is 0.0824. The Labute approximate surface area is 196 Å².